The Bertz CT molecular complexity index is 1020. The number of piperazine rings is 1. The molecule has 2 amide bonds. The quantitative estimate of drug-likeness (QED) is 0.670. The summed E-state index contributed by atoms with van der Waals surface area (Å²) in [6, 6.07) is 15.7. The monoisotopic (exact) mass is 407 g/mol. The number of hydrogen-bond acceptors (Lipinski definition) is 5. The highest BCUT2D eigenvalue weighted by Gasteiger charge is 2.33. The van der Waals surface area contributed by atoms with Crippen LogP contribution in [0.25, 0.3) is 20.8 Å². The molecule has 3 heterocycles. The average molecular weight is 407 g/mol. The molecule has 1 aromatic heterocycles. The molecule has 2 aromatic carbocycles. The molecular formula is C22H21N3O3S. The van der Waals surface area contributed by atoms with Crippen molar-refractivity contribution in [1.82, 2.24) is 14.8 Å². The van der Waals surface area contributed by atoms with Crippen LogP contribution in [0.4, 0.5) is 0 Å². The molecule has 2 saturated heterocycles. The van der Waals surface area contributed by atoms with Gasteiger partial charge in [0, 0.05) is 43.7 Å². The standard InChI is InChI=1S/C22H21N3O3S/c26-21(24-10-12-25(13-11-24)22(27)18-9-14-28-18)16-7-5-15(6-8-16)20-23-17-3-1-2-4-19(17)29-20/h1-8,18H,9-14H2. The lowest BCUT2D eigenvalue weighted by molar-refractivity contribution is -0.157. The van der Waals surface area contributed by atoms with Gasteiger partial charge < -0.3 is 14.5 Å². The minimum atomic E-state index is -0.271. The molecule has 2 aliphatic heterocycles. The van der Waals surface area contributed by atoms with Crippen molar-refractivity contribution in [3.05, 3.63) is 54.1 Å². The van der Waals surface area contributed by atoms with E-state index in [1.165, 1.54) is 0 Å². The van der Waals surface area contributed by atoms with Crippen LogP contribution in [0.3, 0.4) is 0 Å². The Morgan fingerprint density at radius 1 is 0.966 bits per heavy atom. The van der Waals surface area contributed by atoms with Crippen LogP contribution >= 0.6 is 11.3 Å². The number of carbonyl (C=O) groups excluding carboxylic acids is 2. The zero-order chi connectivity index (χ0) is 19.8. The van der Waals surface area contributed by atoms with Gasteiger partial charge in [-0.05, 0) is 24.3 Å². The SMILES string of the molecule is O=C(c1ccc(-c2nc3ccccc3s2)cc1)N1CCN(C(=O)C2CCO2)CC1. The summed E-state index contributed by atoms with van der Waals surface area (Å²) in [7, 11) is 0. The second kappa shape index (κ2) is 7.57. The molecule has 1 unspecified atom stereocenters. The molecule has 148 valence electrons. The number of fused-ring (bicyclic) bond motifs is 1. The van der Waals surface area contributed by atoms with Gasteiger partial charge in [-0.1, -0.05) is 24.3 Å². The Labute approximate surface area is 172 Å². The first-order valence-corrected chi connectivity index (χ1v) is 10.7. The molecule has 0 radical (unpaired) electrons. The first-order valence-electron chi connectivity index (χ1n) is 9.85. The predicted octanol–water partition coefficient (Wildman–Crippen LogP) is 3.04. The first kappa shape index (κ1) is 18.3. The van der Waals surface area contributed by atoms with Crippen molar-refractivity contribution in [3.63, 3.8) is 0 Å². The van der Waals surface area contributed by atoms with E-state index in [1.54, 1.807) is 11.3 Å². The summed E-state index contributed by atoms with van der Waals surface area (Å²) in [5.41, 5.74) is 2.67. The van der Waals surface area contributed by atoms with E-state index in [4.69, 9.17) is 4.74 Å². The second-order valence-electron chi connectivity index (χ2n) is 7.33. The lowest BCUT2D eigenvalue weighted by Gasteiger charge is -2.38. The molecule has 3 aromatic rings. The lowest BCUT2D eigenvalue weighted by atomic mass is 10.1. The van der Waals surface area contributed by atoms with Gasteiger partial charge in [0.1, 0.15) is 11.1 Å². The molecule has 1 atom stereocenters. The maximum atomic E-state index is 12.9. The predicted molar refractivity (Wildman–Crippen MR) is 112 cm³/mol. The maximum Gasteiger partial charge on any atom is 0.253 e. The molecule has 0 aliphatic carbocycles. The topological polar surface area (TPSA) is 62.7 Å². The van der Waals surface area contributed by atoms with Crippen LogP contribution in [0, 0.1) is 0 Å². The highest BCUT2D eigenvalue weighted by atomic mass is 32.1. The Kier molecular flexibility index (Phi) is 4.77. The van der Waals surface area contributed by atoms with Gasteiger partial charge in [0.25, 0.3) is 11.8 Å². The van der Waals surface area contributed by atoms with Crippen molar-refractivity contribution in [2.45, 2.75) is 12.5 Å². The number of thiazole rings is 1. The number of benzene rings is 2. The summed E-state index contributed by atoms with van der Waals surface area (Å²) in [6.07, 6.45) is 0.534. The third-order valence-corrected chi connectivity index (χ3v) is 6.61. The van der Waals surface area contributed by atoms with E-state index in [0.29, 0.717) is 38.3 Å². The summed E-state index contributed by atoms with van der Waals surface area (Å²) in [4.78, 5) is 33.4. The van der Waals surface area contributed by atoms with Crippen LogP contribution in [0.5, 0.6) is 0 Å². The number of aromatic nitrogens is 1. The van der Waals surface area contributed by atoms with Gasteiger partial charge in [-0.25, -0.2) is 4.98 Å². The summed E-state index contributed by atoms with van der Waals surface area (Å²) >= 11 is 1.65. The highest BCUT2D eigenvalue weighted by molar-refractivity contribution is 7.21. The fraction of sp³-hybridized carbons (Fsp3) is 0.318. The number of nitrogens with zero attached hydrogens (tertiary/aromatic N) is 3. The Balaban J connectivity index is 1.24. The van der Waals surface area contributed by atoms with Crippen LogP contribution in [0.2, 0.25) is 0 Å². The van der Waals surface area contributed by atoms with Gasteiger partial charge in [-0.3, -0.25) is 9.59 Å². The van der Waals surface area contributed by atoms with E-state index in [0.717, 1.165) is 27.2 Å². The largest absolute Gasteiger partial charge is 0.368 e. The summed E-state index contributed by atoms with van der Waals surface area (Å²) in [5, 5.41) is 0.954. The fourth-order valence-corrected chi connectivity index (χ4v) is 4.67. The van der Waals surface area contributed by atoms with Gasteiger partial charge in [-0.2, -0.15) is 0 Å². The van der Waals surface area contributed by atoms with E-state index in [1.807, 2.05) is 52.3 Å². The Morgan fingerprint density at radius 2 is 1.66 bits per heavy atom. The van der Waals surface area contributed by atoms with Gasteiger partial charge in [0.2, 0.25) is 0 Å². The number of carbonyl (C=O) groups is 2. The molecule has 7 heteroatoms. The fourth-order valence-electron chi connectivity index (χ4n) is 3.70. The van der Waals surface area contributed by atoms with Crippen LogP contribution in [-0.4, -0.2) is 65.5 Å². The maximum absolute atomic E-state index is 12.9. The highest BCUT2D eigenvalue weighted by Crippen LogP contribution is 2.30. The van der Waals surface area contributed by atoms with Crippen molar-refractivity contribution in [3.8, 4) is 10.6 Å². The van der Waals surface area contributed by atoms with Gasteiger partial charge in [0.05, 0.1) is 16.8 Å². The van der Waals surface area contributed by atoms with Crippen molar-refractivity contribution >= 4 is 33.4 Å². The smallest absolute Gasteiger partial charge is 0.253 e. The molecular weight excluding hydrogens is 386 g/mol. The number of para-hydroxylation sites is 1. The van der Waals surface area contributed by atoms with E-state index < -0.39 is 0 Å². The van der Waals surface area contributed by atoms with E-state index in [-0.39, 0.29) is 17.9 Å². The average Bonchev–Trinajstić information content (AvgIpc) is 3.16. The molecule has 0 saturated carbocycles. The third-order valence-electron chi connectivity index (χ3n) is 5.53. The van der Waals surface area contributed by atoms with E-state index >= 15 is 0 Å². The second-order valence-corrected chi connectivity index (χ2v) is 8.36. The van der Waals surface area contributed by atoms with Crippen molar-refractivity contribution in [2.24, 2.45) is 0 Å². The van der Waals surface area contributed by atoms with Crippen LogP contribution in [-0.2, 0) is 9.53 Å². The molecule has 29 heavy (non-hydrogen) atoms. The van der Waals surface area contributed by atoms with E-state index in [9.17, 15) is 9.59 Å². The molecule has 0 spiro atoms. The van der Waals surface area contributed by atoms with Crippen LogP contribution < -0.4 is 0 Å². The Hall–Kier alpha value is -2.77. The van der Waals surface area contributed by atoms with E-state index in [2.05, 4.69) is 11.1 Å². The first-order chi connectivity index (χ1) is 14.2. The van der Waals surface area contributed by atoms with Gasteiger partial charge >= 0.3 is 0 Å². The minimum Gasteiger partial charge on any atom is -0.368 e. The molecule has 6 nitrogen and oxygen atoms in total. The number of rotatable bonds is 3. The summed E-state index contributed by atoms with van der Waals surface area (Å²) in [5.74, 6) is 0.0661. The van der Waals surface area contributed by atoms with Crippen molar-refractivity contribution in [1.29, 1.82) is 0 Å². The van der Waals surface area contributed by atoms with Crippen LogP contribution in [0.15, 0.2) is 48.5 Å². The zero-order valence-electron chi connectivity index (χ0n) is 15.9. The number of hydrogen-bond donors (Lipinski definition) is 0. The molecule has 0 N–H and O–H groups in total. The van der Waals surface area contributed by atoms with Gasteiger partial charge in [-0.15, -0.1) is 11.3 Å². The summed E-state index contributed by atoms with van der Waals surface area (Å²) in [6.45, 7) is 2.90. The normalized spacial score (nSPS) is 19.2. The molecule has 2 aliphatic rings. The summed E-state index contributed by atoms with van der Waals surface area (Å²) < 4.78 is 6.44. The molecule has 5 rings (SSSR count). The van der Waals surface area contributed by atoms with Crippen LogP contribution in [0.1, 0.15) is 16.8 Å². The van der Waals surface area contributed by atoms with Gasteiger partial charge in [0.15, 0.2) is 0 Å². The minimum absolute atomic E-state index is 0.00726. The molecule has 0 bridgehead atoms. The molecule has 2 fully saturated rings. The number of amides is 2. The van der Waals surface area contributed by atoms with Crippen molar-refractivity contribution in [2.75, 3.05) is 32.8 Å². The van der Waals surface area contributed by atoms with Crippen molar-refractivity contribution < 1.29 is 14.3 Å². The lowest BCUT2D eigenvalue weighted by Crippen LogP contribution is -2.54. The third kappa shape index (κ3) is 3.52. The zero-order valence-corrected chi connectivity index (χ0v) is 16.7. The Morgan fingerprint density at radius 3 is 2.31 bits per heavy atom. The number of ether oxygens (including phenoxy) is 1.